The number of ether oxygens (including phenoxy) is 1. The number of nitrogens with one attached hydrogen (secondary N) is 1. The van der Waals surface area contributed by atoms with Crippen LogP contribution in [0.5, 0.6) is 0 Å². The first-order valence-corrected chi connectivity index (χ1v) is 7.98. The van der Waals surface area contributed by atoms with Gasteiger partial charge in [-0.25, -0.2) is 4.79 Å². The Hall–Kier alpha value is -1.55. The molecular weight excluding hydrogens is 264 g/mol. The van der Waals surface area contributed by atoms with Crippen LogP contribution in [0.1, 0.15) is 38.2 Å². The molecule has 0 spiro atoms. The molecule has 21 heavy (non-hydrogen) atoms. The second kappa shape index (κ2) is 8.67. The van der Waals surface area contributed by atoms with E-state index in [0.29, 0.717) is 6.54 Å². The van der Waals surface area contributed by atoms with E-state index in [1.807, 2.05) is 6.07 Å². The molecule has 0 aromatic heterocycles. The van der Waals surface area contributed by atoms with Crippen molar-refractivity contribution in [3.05, 3.63) is 35.9 Å². The average molecular weight is 290 g/mol. The second-order valence-corrected chi connectivity index (χ2v) is 5.65. The number of hydrogen-bond acceptors (Lipinski definition) is 3. The van der Waals surface area contributed by atoms with Crippen molar-refractivity contribution >= 4 is 6.09 Å². The molecule has 1 aliphatic rings. The van der Waals surface area contributed by atoms with Crippen molar-refractivity contribution < 1.29 is 9.53 Å². The largest absolute Gasteiger partial charge is 0.446 e. The Labute approximate surface area is 127 Å². The third kappa shape index (κ3) is 5.76. The number of carbonyl (C=O) groups excluding carboxylic acids is 1. The predicted molar refractivity (Wildman–Crippen MR) is 84.1 cm³/mol. The van der Waals surface area contributed by atoms with Gasteiger partial charge in [-0.15, -0.1) is 0 Å². The third-order valence-corrected chi connectivity index (χ3v) is 3.86. The molecule has 1 aromatic rings. The smallest absolute Gasteiger partial charge is 0.407 e. The molecule has 2 rings (SSSR count). The molecule has 0 bridgehead atoms. The number of nitrogens with zero attached hydrogens (tertiary/aromatic N) is 1. The van der Waals surface area contributed by atoms with Crippen molar-refractivity contribution in [1.29, 1.82) is 0 Å². The van der Waals surface area contributed by atoms with Gasteiger partial charge in [0.1, 0.15) is 6.10 Å². The molecule has 1 aromatic carbocycles. The highest BCUT2D eigenvalue weighted by Crippen LogP contribution is 2.16. The molecule has 4 nitrogen and oxygen atoms in total. The highest BCUT2D eigenvalue weighted by molar-refractivity contribution is 5.67. The molecular formula is C17H26N2O2. The third-order valence-electron chi connectivity index (χ3n) is 3.86. The van der Waals surface area contributed by atoms with E-state index in [1.165, 1.54) is 5.56 Å². The van der Waals surface area contributed by atoms with E-state index in [-0.39, 0.29) is 12.2 Å². The lowest BCUT2D eigenvalue weighted by Crippen LogP contribution is -2.39. The van der Waals surface area contributed by atoms with Gasteiger partial charge in [0.2, 0.25) is 0 Å². The minimum absolute atomic E-state index is 0.0682. The van der Waals surface area contributed by atoms with Gasteiger partial charge in [-0.1, -0.05) is 43.7 Å². The van der Waals surface area contributed by atoms with Crippen LogP contribution in [-0.4, -0.2) is 36.7 Å². The second-order valence-electron chi connectivity index (χ2n) is 5.65. The first kappa shape index (κ1) is 15.8. The summed E-state index contributed by atoms with van der Waals surface area (Å²) in [7, 11) is 0. The number of piperidine rings is 1. The van der Waals surface area contributed by atoms with Crippen LogP contribution >= 0.6 is 0 Å². The van der Waals surface area contributed by atoms with Gasteiger partial charge in [-0.3, -0.25) is 4.90 Å². The molecule has 0 atom stereocenters. The van der Waals surface area contributed by atoms with Crippen molar-refractivity contribution in [1.82, 2.24) is 10.2 Å². The first-order valence-electron chi connectivity index (χ1n) is 7.98. The predicted octanol–water partition coefficient (Wildman–Crippen LogP) is 3.18. The van der Waals surface area contributed by atoms with E-state index in [1.54, 1.807) is 0 Å². The van der Waals surface area contributed by atoms with Gasteiger partial charge in [-0.05, 0) is 24.8 Å². The number of benzene rings is 1. The Balaban J connectivity index is 1.65. The minimum atomic E-state index is -0.259. The number of hydrogen-bond donors (Lipinski definition) is 1. The summed E-state index contributed by atoms with van der Waals surface area (Å²) < 4.78 is 5.46. The molecule has 0 saturated carbocycles. The summed E-state index contributed by atoms with van der Waals surface area (Å²) >= 11 is 0. The Morgan fingerprint density at radius 2 is 2.00 bits per heavy atom. The molecule has 1 fully saturated rings. The number of likely N-dealkylation sites (tertiary alicyclic amines) is 1. The Morgan fingerprint density at radius 1 is 1.29 bits per heavy atom. The zero-order valence-corrected chi connectivity index (χ0v) is 12.9. The fraction of sp³-hybridized carbons (Fsp3) is 0.588. The molecule has 4 heteroatoms. The van der Waals surface area contributed by atoms with Gasteiger partial charge in [0, 0.05) is 26.2 Å². The highest BCUT2D eigenvalue weighted by Gasteiger charge is 2.22. The number of alkyl carbamates (subject to hydrolysis) is 1. The molecule has 0 unspecified atom stereocenters. The summed E-state index contributed by atoms with van der Waals surface area (Å²) in [5, 5.41) is 2.81. The molecule has 0 aliphatic carbocycles. The molecule has 1 amide bonds. The Morgan fingerprint density at radius 3 is 2.67 bits per heavy atom. The topological polar surface area (TPSA) is 41.6 Å². The van der Waals surface area contributed by atoms with Crippen LogP contribution in [0.2, 0.25) is 0 Å². The van der Waals surface area contributed by atoms with E-state index >= 15 is 0 Å². The van der Waals surface area contributed by atoms with Crippen molar-refractivity contribution in [2.75, 3.05) is 19.6 Å². The van der Waals surface area contributed by atoms with Crippen LogP contribution in [0.3, 0.4) is 0 Å². The lowest BCUT2D eigenvalue weighted by atomic mass is 10.1. The van der Waals surface area contributed by atoms with Gasteiger partial charge in [0.25, 0.3) is 0 Å². The molecule has 1 saturated heterocycles. The highest BCUT2D eigenvalue weighted by atomic mass is 16.6. The van der Waals surface area contributed by atoms with E-state index < -0.39 is 0 Å². The maximum atomic E-state index is 11.6. The van der Waals surface area contributed by atoms with Gasteiger partial charge < -0.3 is 10.1 Å². The van der Waals surface area contributed by atoms with Crippen LogP contribution in [-0.2, 0) is 11.3 Å². The summed E-state index contributed by atoms with van der Waals surface area (Å²) in [6.45, 7) is 5.78. The van der Waals surface area contributed by atoms with Gasteiger partial charge in [0.05, 0.1) is 0 Å². The summed E-state index contributed by atoms with van der Waals surface area (Å²) in [5.74, 6) is 0. The lowest BCUT2D eigenvalue weighted by Gasteiger charge is -2.31. The summed E-state index contributed by atoms with van der Waals surface area (Å²) in [6.07, 6.45) is 3.74. The van der Waals surface area contributed by atoms with Crippen molar-refractivity contribution in [2.45, 2.75) is 45.3 Å². The van der Waals surface area contributed by atoms with Crippen molar-refractivity contribution in [3.8, 4) is 0 Å². The Bertz CT molecular complexity index is 414. The first-order chi connectivity index (χ1) is 10.3. The maximum Gasteiger partial charge on any atom is 0.407 e. The van der Waals surface area contributed by atoms with Gasteiger partial charge >= 0.3 is 6.09 Å². The van der Waals surface area contributed by atoms with Crippen LogP contribution in [0, 0.1) is 0 Å². The fourth-order valence-electron chi connectivity index (χ4n) is 2.59. The molecule has 1 N–H and O–H groups in total. The van der Waals surface area contributed by atoms with Crippen LogP contribution < -0.4 is 5.32 Å². The fourth-order valence-corrected chi connectivity index (χ4v) is 2.59. The summed E-state index contributed by atoms with van der Waals surface area (Å²) in [6, 6.07) is 10.5. The Kier molecular flexibility index (Phi) is 6.54. The number of unbranched alkanes of at least 4 members (excludes halogenated alkanes) is 1. The molecule has 116 valence electrons. The SMILES string of the molecule is CCCCNC(=O)OC1CCN(Cc2ccccc2)CC1. The number of carbonyl (C=O) groups is 1. The normalized spacial score (nSPS) is 16.6. The van der Waals surface area contributed by atoms with Gasteiger partial charge in [0.15, 0.2) is 0 Å². The van der Waals surface area contributed by atoms with Crippen LogP contribution in [0.25, 0.3) is 0 Å². The lowest BCUT2D eigenvalue weighted by molar-refractivity contribution is 0.0487. The van der Waals surface area contributed by atoms with Crippen LogP contribution in [0.4, 0.5) is 4.79 Å². The van der Waals surface area contributed by atoms with E-state index in [4.69, 9.17) is 4.74 Å². The monoisotopic (exact) mass is 290 g/mol. The zero-order chi connectivity index (χ0) is 14.9. The van der Waals surface area contributed by atoms with Gasteiger partial charge in [-0.2, -0.15) is 0 Å². The quantitative estimate of drug-likeness (QED) is 0.818. The zero-order valence-electron chi connectivity index (χ0n) is 12.9. The maximum absolute atomic E-state index is 11.6. The van der Waals surface area contributed by atoms with Crippen molar-refractivity contribution in [3.63, 3.8) is 0 Å². The summed E-state index contributed by atoms with van der Waals surface area (Å²) in [5.41, 5.74) is 1.34. The van der Waals surface area contributed by atoms with E-state index in [9.17, 15) is 4.79 Å². The number of rotatable bonds is 6. The number of amides is 1. The molecule has 1 aliphatic heterocycles. The van der Waals surface area contributed by atoms with E-state index in [2.05, 4.69) is 41.4 Å². The standard InChI is InChI=1S/C17H26N2O2/c1-2-3-11-18-17(20)21-16-9-12-19(13-10-16)14-15-7-5-4-6-8-15/h4-8,16H,2-3,9-14H2,1H3,(H,18,20). The van der Waals surface area contributed by atoms with E-state index in [0.717, 1.165) is 45.3 Å². The minimum Gasteiger partial charge on any atom is -0.446 e. The molecule has 0 radical (unpaired) electrons. The van der Waals surface area contributed by atoms with Crippen LogP contribution in [0.15, 0.2) is 30.3 Å². The summed E-state index contributed by atoms with van der Waals surface area (Å²) in [4.78, 5) is 14.0. The van der Waals surface area contributed by atoms with Crippen molar-refractivity contribution in [2.24, 2.45) is 0 Å². The average Bonchev–Trinajstić information content (AvgIpc) is 2.51. The molecule has 1 heterocycles.